The highest BCUT2D eigenvalue weighted by molar-refractivity contribution is 6.32. The number of piperazine rings is 1. The van der Waals surface area contributed by atoms with Crippen molar-refractivity contribution in [2.24, 2.45) is 0 Å². The van der Waals surface area contributed by atoms with Gasteiger partial charge in [0.2, 0.25) is 6.79 Å². The van der Waals surface area contributed by atoms with Gasteiger partial charge >= 0.3 is 0 Å². The van der Waals surface area contributed by atoms with E-state index in [1.54, 1.807) is 12.1 Å². The molecule has 6 heteroatoms. The summed E-state index contributed by atoms with van der Waals surface area (Å²) < 4.78 is 10.7. The maximum absolute atomic E-state index is 12.9. The summed E-state index contributed by atoms with van der Waals surface area (Å²) in [6.07, 6.45) is 0. The minimum Gasteiger partial charge on any atom is -0.454 e. The summed E-state index contributed by atoms with van der Waals surface area (Å²) in [7, 11) is 0. The highest BCUT2D eigenvalue weighted by atomic mass is 35.5. The Morgan fingerprint density at radius 3 is 2.62 bits per heavy atom. The number of carbonyl (C=O) groups is 1. The summed E-state index contributed by atoms with van der Waals surface area (Å²) in [6, 6.07) is 18.3. The van der Waals surface area contributed by atoms with Gasteiger partial charge in [0.05, 0.1) is 5.02 Å². The zero-order valence-corrected chi connectivity index (χ0v) is 16.7. The minimum atomic E-state index is -0.0185. The topological polar surface area (TPSA) is 42.0 Å². The second-order valence-electron chi connectivity index (χ2n) is 7.40. The molecule has 5 nitrogen and oxygen atoms in total. The number of hydrogen-bond acceptors (Lipinski definition) is 4. The average Bonchev–Trinajstić information content (AvgIpc) is 3.23. The van der Waals surface area contributed by atoms with E-state index in [1.165, 1.54) is 16.3 Å². The lowest BCUT2D eigenvalue weighted by molar-refractivity contribution is 0.0628. The lowest BCUT2D eigenvalue weighted by Gasteiger charge is -2.35. The molecule has 0 aromatic heterocycles. The van der Waals surface area contributed by atoms with Crippen LogP contribution >= 0.6 is 11.6 Å². The van der Waals surface area contributed by atoms with Crippen LogP contribution in [0.1, 0.15) is 15.9 Å². The summed E-state index contributed by atoms with van der Waals surface area (Å²) in [5, 5.41) is 2.97. The number of rotatable bonds is 3. The van der Waals surface area contributed by atoms with Crippen LogP contribution in [0.25, 0.3) is 10.8 Å². The second-order valence-corrected chi connectivity index (χ2v) is 7.81. The second kappa shape index (κ2) is 7.58. The molecular weight excluding hydrogens is 388 g/mol. The van der Waals surface area contributed by atoms with Crippen LogP contribution in [0.3, 0.4) is 0 Å². The monoisotopic (exact) mass is 408 g/mol. The molecule has 0 atom stereocenters. The predicted molar refractivity (Wildman–Crippen MR) is 113 cm³/mol. The number of carbonyl (C=O) groups excluding carboxylic acids is 1. The van der Waals surface area contributed by atoms with E-state index in [0.717, 1.165) is 19.6 Å². The third kappa shape index (κ3) is 3.52. The molecule has 3 aromatic rings. The lowest BCUT2D eigenvalue weighted by Crippen LogP contribution is -2.48. The molecular formula is C23H21ClN2O3. The van der Waals surface area contributed by atoms with Gasteiger partial charge in [-0.15, -0.1) is 0 Å². The maximum Gasteiger partial charge on any atom is 0.254 e. The van der Waals surface area contributed by atoms with E-state index >= 15 is 0 Å². The van der Waals surface area contributed by atoms with Gasteiger partial charge in [-0.2, -0.15) is 0 Å². The minimum absolute atomic E-state index is 0.0185. The van der Waals surface area contributed by atoms with Crippen LogP contribution in [0.15, 0.2) is 54.6 Å². The highest BCUT2D eigenvalue weighted by Crippen LogP contribution is 2.40. The molecule has 148 valence electrons. The van der Waals surface area contributed by atoms with Crippen LogP contribution in [0, 0.1) is 0 Å². The molecule has 2 aliphatic rings. The summed E-state index contributed by atoms with van der Waals surface area (Å²) in [6.45, 7) is 4.09. The molecule has 3 aromatic carbocycles. The van der Waals surface area contributed by atoms with Gasteiger partial charge < -0.3 is 14.4 Å². The Morgan fingerprint density at radius 2 is 1.76 bits per heavy atom. The number of nitrogens with zero attached hydrogens (tertiary/aromatic N) is 2. The maximum atomic E-state index is 12.9. The molecule has 2 heterocycles. The van der Waals surface area contributed by atoms with Crippen molar-refractivity contribution in [1.82, 2.24) is 9.80 Å². The summed E-state index contributed by atoms with van der Waals surface area (Å²) in [5.74, 6) is 1.04. The first kappa shape index (κ1) is 18.3. The van der Waals surface area contributed by atoms with E-state index in [2.05, 4.69) is 47.4 Å². The Hall–Kier alpha value is -2.76. The van der Waals surface area contributed by atoms with Crippen LogP contribution in [-0.2, 0) is 6.54 Å². The largest absolute Gasteiger partial charge is 0.454 e. The molecule has 5 rings (SSSR count). The number of amides is 1. The van der Waals surface area contributed by atoms with Crippen molar-refractivity contribution in [1.29, 1.82) is 0 Å². The Morgan fingerprint density at radius 1 is 0.966 bits per heavy atom. The van der Waals surface area contributed by atoms with Crippen LogP contribution in [-0.4, -0.2) is 48.7 Å². The van der Waals surface area contributed by atoms with Crippen molar-refractivity contribution in [3.05, 3.63) is 70.7 Å². The van der Waals surface area contributed by atoms with Crippen LogP contribution in [0.4, 0.5) is 0 Å². The molecule has 0 aliphatic carbocycles. The van der Waals surface area contributed by atoms with E-state index in [1.807, 2.05) is 4.90 Å². The zero-order valence-electron chi connectivity index (χ0n) is 15.9. The quantitative estimate of drug-likeness (QED) is 0.652. The Balaban J connectivity index is 1.26. The van der Waals surface area contributed by atoms with Crippen molar-refractivity contribution in [2.45, 2.75) is 6.54 Å². The zero-order chi connectivity index (χ0) is 19.8. The van der Waals surface area contributed by atoms with Gasteiger partial charge in [0.1, 0.15) is 0 Å². The third-order valence-corrected chi connectivity index (χ3v) is 5.89. The fourth-order valence-corrected chi connectivity index (χ4v) is 4.32. The van der Waals surface area contributed by atoms with Crippen molar-refractivity contribution < 1.29 is 14.3 Å². The molecule has 29 heavy (non-hydrogen) atoms. The van der Waals surface area contributed by atoms with Gasteiger partial charge in [0.25, 0.3) is 5.91 Å². The Kier molecular flexibility index (Phi) is 4.78. The van der Waals surface area contributed by atoms with Gasteiger partial charge in [-0.3, -0.25) is 9.69 Å². The Labute approximate surface area is 174 Å². The molecule has 0 bridgehead atoms. The summed E-state index contributed by atoms with van der Waals surface area (Å²) in [4.78, 5) is 17.2. The van der Waals surface area contributed by atoms with Crippen LogP contribution in [0.2, 0.25) is 5.02 Å². The van der Waals surface area contributed by atoms with E-state index < -0.39 is 0 Å². The van der Waals surface area contributed by atoms with Gasteiger partial charge in [0.15, 0.2) is 11.5 Å². The van der Waals surface area contributed by atoms with Crippen LogP contribution < -0.4 is 9.47 Å². The number of fused-ring (bicyclic) bond motifs is 2. The average molecular weight is 409 g/mol. The molecule has 0 N–H and O–H groups in total. The summed E-state index contributed by atoms with van der Waals surface area (Å²) in [5.41, 5.74) is 1.87. The van der Waals surface area contributed by atoms with E-state index in [4.69, 9.17) is 21.1 Å². The number of benzene rings is 3. The molecule has 0 spiro atoms. The first-order chi connectivity index (χ1) is 14.2. The van der Waals surface area contributed by atoms with Crippen molar-refractivity contribution in [3.63, 3.8) is 0 Å². The molecule has 0 saturated carbocycles. The normalized spacial score (nSPS) is 16.4. The molecule has 1 fully saturated rings. The molecule has 2 aliphatic heterocycles. The summed E-state index contributed by atoms with van der Waals surface area (Å²) >= 11 is 6.23. The van der Waals surface area contributed by atoms with Gasteiger partial charge in [0, 0.05) is 38.3 Å². The standard InChI is InChI=1S/C23H21ClN2O3/c24-20-12-18(13-21-22(20)29-15-28-21)23(27)26-10-8-25(9-11-26)14-17-6-3-5-16-4-1-2-7-19(16)17/h1-7,12-13H,8-11,14-15H2. The van der Waals surface area contributed by atoms with E-state index in [0.29, 0.717) is 35.2 Å². The van der Waals surface area contributed by atoms with Crippen LogP contribution in [0.5, 0.6) is 11.5 Å². The smallest absolute Gasteiger partial charge is 0.254 e. The fraction of sp³-hybridized carbons (Fsp3) is 0.261. The Bertz CT molecular complexity index is 1070. The number of halogens is 1. The molecule has 0 radical (unpaired) electrons. The fourth-order valence-electron chi connectivity index (χ4n) is 4.05. The van der Waals surface area contributed by atoms with Gasteiger partial charge in [-0.05, 0) is 28.5 Å². The van der Waals surface area contributed by atoms with Crippen molar-refractivity contribution in [3.8, 4) is 11.5 Å². The van der Waals surface area contributed by atoms with Crippen molar-refractivity contribution in [2.75, 3.05) is 33.0 Å². The van der Waals surface area contributed by atoms with E-state index in [9.17, 15) is 4.79 Å². The SMILES string of the molecule is O=C(c1cc(Cl)c2c(c1)OCO2)N1CCN(Cc2cccc3ccccc23)CC1. The van der Waals surface area contributed by atoms with Gasteiger partial charge in [-0.25, -0.2) is 0 Å². The molecule has 1 amide bonds. The predicted octanol–water partition coefficient (Wildman–Crippen LogP) is 4.18. The third-order valence-electron chi connectivity index (χ3n) is 5.61. The first-order valence-electron chi connectivity index (χ1n) is 9.76. The first-order valence-corrected chi connectivity index (χ1v) is 10.1. The lowest BCUT2D eigenvalue weighted by atomic mass is 10.0. The molecule has 0 unspecified atom stereocenters. The van der Waals surface area contributed by atoms with E-state index in [-0.39, 0.29) is 12.7 Å². The van der Waals surface area contributed by atoms with Crippen molar-refractivity contribution >= 4 is 28.3 Å². The number of ether oxygens (including phenoxy) is 2. The van der Waals surface area contributed by atoms with Gasteiger partial charge in [-0.1, -0.05) is 54.1 Å². The highest BCUT2D eigenvalue weighted by Gasteiger charge is 2.26. The molecule has 1 saturated heterocycles. The number of hydrogen-bond donors (Lipinski definition) is 0.